The fourth-order valence-corrected chi connectivity index (χ4v) is 3.38. The van der Waals surface area contributed by atoms with Crippen molar-refractivity contribution in [3.63, 3.8) is 0 Å². The molecular weight excluding hydrogens is 359 g/mol. The van der Waals surface area contributed by atoms with Crippen LogP contribution in [0.3, 0.4) is 0 Å². The van der Waals surface area contributed by atoms with Crippen molar-refractivity contribution >= 4 is 22.6 Å². The van der Waals surface area contributed by atoms with Crippen molar-refractivity contribution in [2.75, 3.05) is 17.5 Å². The van der Waals surface area contributed by atoms with Gasteiger partial charge in [-0.05, 0) is 55.5 Å². The molecule has 0 unspecified atom stereocenters. The van der Waals surface area contributed by atoms with E-state index in [4.69, 9.17) is 0 Å². The molecule has 0 bridgehead atoms. The van der Waals surface area contributed by atoms with E-state index >= 15 is 0 Å². The zero-order chi connectivity index (χ0) is 14.4. The zero-order valence-corrected chi connectivity index (χ0v) is 14.3. The van der Waals surface area contributed by atoms with E-state index in [-0.39, 0.29) is 0 Å². The Hall–Kier alpha value is -0.550. The first-order valence-corrected chi connectivity index (χ1v) is 9.03. The normalized spacial score (nSPS) is 18.6. The SMILES string of the molecule is CCCN(C/C=C/C[125I])[C@H]1CCc2ccc(O)cc2C1. The minimum atomic E-state index is 0.399. The Labute approximate surface area is 136 Å². The number of rotatable bonds is 6. The van der Waals surface area contributed by atoms with Crippen molar-refractivity contribution < 1.29 is 5.11 Å². The number of hydrogen-bond acceptors (Lipinski definition) is 2. The fraction of sp³-hybridized carbons (Fsp3) is 0.529. The van der Waals surface area contributed by atoms with E-state index in [1.165, 1.54) is 24.0 Å². The number of aromatic hydroxyl groups is 1. The molecule has 0 spiro atoms. The number of hydrogen-bond donors (Lipinski definition) is 1. The Kier molecular flexibility index (Phi) is 6.36. The van der Waals surface area contributed by atoms with Gasteiger partial charge in [0, 0.05) is 17.0 Å². The summed E-state index contributed by atoms with van der Waals surface area (Å²) in [6, 6.07) is 6.46. The number of halogens is 1. The van der Waals surface area contributed by atoms with Crippen molar-refractivity contribution in [2.24, 2.45) is 0 Å². The fourth-order valence-electron chi connectivity index (χ4n) is 3.02. The summed E-state index contributed by atoms with van der Waals surface area (Å²) in [4.78, 5) is 2.59. The molecule has 1 atom stereocenters. The summed E-state index contributed by atoms with van der Waals surface area (Å²) >= 11 is 2.38. The van der Waals surface area contributed by atoms with Gasteiger partial charge in [0.1, 0.15) is 5.75 Å². The molecule has 20 heavy (non-hydrogen) atoms. The molecule has 1 aromatic rings. The van der Waals surface area contributed by atoms with E-state index < -0.39 is 0 Å². The van der Waals surface area contributed by atoms with Crippen molar-refractivity contribution in [1.82, 2.24) is 4.90 Å². The number of alkyl halides is 1. The topological polar surface area (TPSA) is 23.5 Å². The van der Waals surface area contributed by atoms with Crippen molar-refractivity contribution in [3.05, 3.63) is 41.5 Å². The first-order chi connectivity index (χ1) is 9.74. The van der Waals surface area contributed by atoms with E-state index in [9.17, 15) is 5.11 Å². The smallest absolute Gasteiger partial charge is 0.115 e. The summed E-state index contributed by atoms with van der Waals surface area (Å²) in [5, 5.41) is 9.66. The van der Waals surface area contributed by atoms with Crippen LogP contribution in [-0.2, 0) is 12.8 Å². The number of phenols is 1. The molecule has 0 fully saturated rings. The minimum absolute atomic E-state index is 0.399. The lowest BCUT2D eigenvalue weighted by molar-refractivity contribution is 0.199. The van der Waals surface area contributed by atoms with Crippen LogP contribution in [0, 0.1) is 0 Å². The van der Waals surface area contributed by atoms with Gasteiger partial charge in [0.05, 0.1) is 0 Å². The predicted octanol–water partition coefficient (Wildman–Crippen LogP) is 3.95. The molecule has 2 rings (SSSR count). The highest BCUT2D eigenvalue weighted by Crippen LogP contribution is 2.27. The largest absolute Gasteiger partial charge is 0.508 e. The van der Waals surface area contributed by atoms with Gasteiger partial charge in [-0.3, -0.25) is 4.90 Å². The second kappa shape index (κ2) is 8.03. The number of phenolic OH excluding ortho intramolecular Hbond substituents is 1. The zero-order valence-electron chi connectivity index (χ0n) is 12.2. The first kappa shape index (κ1) is 15.8. The average Bonchev–Trinajstić information content (AvgIpc) is 2.46. The van der Waals surface area contributed by atoms with Gasteiger partial charge in [0.25, 0.3) is 0 Å². The summed E-state index contributed by atoms with van der Waals surface area (Å²) < 4.78 is 1.08. The van der Waals surface area contributed by atoms with Gasteiger partial charge in [-0.2, -0.15) is 0 Å². The van der Waals surface area contributed by atoms with Gasteiger partial charge in [-0.15, -0.1) is 0 Å². The molecule has 110 valence electrons. The van der Waals surface area contributed by atoms with Gasteiger partial charge >= 0.3 is 0 Å². The summed E-state index contributed by atoms with van der Waals surface area (Å²) in [5.41, 5.74) is 2.75. The van der Waals surface area contributed by atoms with E-state index in [1.807, 2.05) is 12.1 Å². The molecule has 0 aromatic heterocycles. The molecule has 0 aliphatic heterocycles. The number of nitrogens with zero attached hydrogens (tertiary/aromatic N) is 1. The second-order valence-electron chi connectivity index (χ2n) is 5.47. The Morgan fingerprint density at radius 3 is 2.95 bits per heavy atom. The van der Waals surface area contributed by atoms with Crippen LogP contribution >= 0.6 is 22.6 Å². The van der Waals surface area contributed by atoms with Crippen molar-refractivity contribution in [1.29, 1.82) is 0 Å². The number of fused-ring (bicyclic) bond motifs is 1. The molecule has 1 N–H and O–H groups in total. The van der Waals surface area contributed by atoms with Gasteiger partial charge in [0.15, 0.2) is 0 Å². The highest BCUT2D eigenvalue weighted by Gasteiger charge is 2.23. The lowest BCUT2D eigenvalue weighted by Gasteiger charge is -2.34. The van der Waals surface area contributed by atoms with Crippen molar-refractivity contribution in [2.45, 2.75) is 38.6 Å². The van der Waals surface area contributed by atoms with Crippen molar-refractivity contribution in [3.8, 4) is 5.75 Å². The minimum Gasteiger partial charge on any atom is -0.508 e. The molecule has 1 aliphatic rings. The third kappa shape index (κ3) is 4.22. The Morgan fingerprint density at radius 2 is 2.20 bits per heavy atom. The van der Waals surface area contributed by atoms with Crippen LogP contribution in [0.15, 0.2) is 30.4 Å². The van der Waals surface area contributed by atoms with E-state index in [0.29, 0.717) is 11.8 Å². The number of benzene rings is 1. The third-order valence-electron chi connectivity index (χ3n) is 4.02. The van der Waals surface area contributed by atoms with Crippen LogP contribution < -0.4 is 0 Å². The predicted molar refractivity (Wildman–Crippen MR) is 93.8 cm³/mol. The molecule has 1 aromatic carbocycles. The molecule has 1 aliphatic carbocycles. The Balaban J connectivity index is 2.05. The molecule has 0 amide bonds. The molecule has 0 saturated carbocycles. The third-order valence-corrected chi connectivity index (χ3v) is 4.52. The number of allylic oxidation sites excluding steroid dienone is 1. The van der Waals surface area contributed by atoms with Crippen LogP contribution in [0.2, 0.25) is 0 Å². The summed E-state index contributed by atoms with van der Waals surface area (Å²) in [7, 11) is 0. The first-order valence-electron chi connectivity index (χ1n) is 7.50. The summed E-state index contributed by atoms with van der Waals surface area (Å²) in [5.74, 6) is 0.399. The van der Waals surface area contributed by atoms with Crippen LogP contribution in [0.1, 0.15) is 30.9 Å². The highest BCUT2D eigenvalue weighted by atomic mass is 125. The highest BCUT2D eigenvalue weighted by molar-refractivity contribution is 14.1. The average molecular weight is 383 g/mol. The molecule has 0 radical (unpaired) electrons. The monoisotopic (exact) mass is 383 g/mol. The molecule has 0 saturated heterocycles. The van der Waals surface area contributed by atoms with Gasteiger partial charge in [-0.1, -0.05) is 47.7 Å². The van der Waals surface area contributed by atoms with Crippen LogP contribution in [0.25, 0.3) is 0 Å². The Morgan fingerprint density at radius 1 is 1.35 bits per heavy atom. The van der Waals surface area contributed by atoms with Crippen LogP contribution in [-0.4, -0.2) is 33.6 Å². The molecular formula is C17H24INO. The summed E-state index contributed by atoms with van der Waals surface area (Å²) in [6.45, 7) is 4.46. The lowest BCUT2D eigenvalue weighted by atomic mass is 9.87. The maximum Gasteiger partial charge on any atom is 0.115 e. The molecule has 2 nitrogen and oxygen atoms in total. The number of aryl methyl sites for hydroxylation is 1. The maximum atomic E-state index is 9.66. The lowest BCUT2D eigenvalue weighted by Crippen LogP contribution is -2.40. The Bertz CT molecular complexity index is 458. The van der Waals surface area contributed by atoms with E-state index in [2.05, 4.69) is 52.6 Å². The maximum absolute atomic E-state index is 9.66. The van der Waals surface area contributed by atoms with Crippen LogP contribution in [0.5, 0.6) is 5.75 Å². The van der Waals surface area contributed by atoms with E-state index in [1.54, 1.807) is 0 Å². The van der Waals surface area contributed by atoms with Gasteiger partial charge in [-0.25, -0.2) is 0 Å². The quantitative estimate of drug-likeness (QED) is 0.457. The van der Waals surface area contributed by atoms with E-state index in [0.717, 1.165) is 30.4 Å². The van der Waals surface area contributed by atoms with Crippen LogP contribution in [0.4, 0.5) is 0 Å². The second-order valence-corrected chi connectivity index (χ2v) is 6.35. The summed E-state index contributed by atoms with van der Waals surface area (Å²) in [6.07, 6.45) is 9.17. The van der Waals surface area contributed by atoms with Gasteiger partial charge in [0.2, 0.25) is 0 Å². The van der Waals surface area contributed by atoms with Gasteiger partial charge < -0.3 is 5.11 Å². The molecule has 0 heterocycles. The standard InChI is InChI=1S/C17H24INO/c1-2-10-19(11-4-3-9-18)16-7-5-14-6-8-17(20)13-15(14)12-16/h3-4,6,8,13,16,20H,2,5,7,9-12H2,1H3/b4-3+/t16-/m0/s1/i18-2. The molecule has 3 heteroatoms.